The fraction of sp³-hybridized carbons (Fsp3) is 0.241. The second kappa shape index (κ2) is 11.0. The van der Waals surface area contributed by atoms with Crippen molar-refractivity contribution in [2.24, 2.45) is 0 Å². The van der Waals surface area contributed by atoms with E-state index in [4.69, 9.17) is 0 Å². The van der Waals surface area contributed by atoms with Gasteiger partial charge in [0.2, 0.25) is 0 Å². The molecule has 0 aliphatic carbocycles. The second-order valence-corrected chi connectivity index (χ2v) is 8.38. The zero-order valence-electron chi connectivity index (χ0n) is 19.4. The first kappa shape index (κ1) is 22.8. The summed E-state index contributed by atoms with van der Waals surface area (Å²) in [7, 11) is 0. The summed E-state index contributed by atoms with van der Waals surface area (Å²) in [5.41, 5.74) is 5.22. The molecule has 0 unspecified atom stereocenters. The summed E-state index contributed by atoms with van der Waals surface area (Å²) < 4.78 is 0. The van der Waals surface area contributed by atoms with Crippen LogP contribution < -0.4 is 5.32 Å². The molecule has 0 amide bonds. The number of ketones is 1. The van der Waals surface area contributed by atoms with Gasteiger partial charge in [-0.3, -0.25) is 14.7 Å². The second-order valence-electron chi connectivity index (χ2n) is 8.38. The molecule has 5 rings (SSSR count). The van der Waals surface area contributed by atoms with Gasteiger partial charge in [0.25, 0.3) is 0 Å². The van der Waals surface area contributed by atoms with E-state index < -0.39 is 0 Å². The number of fused-ring (bicyclic) bond motifs is 1. The highest BCUT2D eigenvalue weighted by Gasteiger charge is 2.23. The standard InChI is InChI=1S/C17H20N2.C12H11NO/c1-3-7-15(8-4-1)17(16-9-5-2-6-10-16)19-13-11-18-12-14-19;1-8-11(9(2)14)7-10-5-3-4-6-12(10)13-8/h1-10,17-18H,11-14H2;3-7H,1-2H3. The number of benzene rings is 3. The normalized spacial score (nSPS) is 14.0. The van der Waals surface area contributed by atoms with Crippen molar-refractivity contribution in [3.63, 3.8) is 0 Å². The van der Waals surface area contributed by atoms with Crippen LogP contribution in [0.1, 0.15) is 40.1 Å². The van der Waals surface area contributed by atoms with Gasteiger partial charge < -0.3 is 5.32 Å². The molecule has 1 aliphatic heterocycles. The van der Waals surface area contributed by atoms with Crippen molar-refractivity contribution in [1.82, 2.24) is 15.2 Å². The average molecular weight is 438 g/mol. The molecule has 1 saturated heterocycles. The summed E-state index contributed by atoms with van der Waals surface area (Å²) in [5, 5.41) is 4.45. The van der Waals surface area contributed by atoms with Gasteiger partial charge in [-0.05, 0) is 37.1 Å². The van der Waals surface area contributed by atoms with Crippen LogP contribution in [0.15, 0.2) is 91.0 Å². The van der Waals surface area contributed by atoms with E-state index in [2.05, 4.69) is 75.9 Å². The Bertz CT molecular complexity index is 1150. The Morgan fingerprint density at radius 3 is 1.97 bits per heavy atom. The van der Waals surface area contributed by atoms with Crippen LogP contribution in [0.2, 0.25) is 0 Å². The van der Waals surface area contributed by atoms with E-state index in [-0.39, 0.29) is 5.78 Å². The molecular formula is C29H31N3O. The van der Waals surface area contributed by atoms with E-state index in [0.29, 0.717) is 11.6 Å². The Labute approximate surface area is 196 Å². The number of hydrogen-bond donors (Lipinski definition) is 1. The number of hydrogen-bond acceptors (Lipinski definition) is 4. The molecule has 2 heterocycles. The SMILES string of the molecule is CC(=O)c1cc2ccccc2nc1C.c1ccc(C(c2ccccc2)N2CCNCC2)cc1. The molecule has 4 heteroatoms. The number of carbonyl (C=O) groups excluding carboxylic acids is 1. The van der Waals surface area contributed by atoms with Crippen LogP contribution in [0.3, 0.4) is 0 Å². The third-order valence-electron chi connectivity index (χ3n) is 6.04. The number of aryl methyl sites for hydroxylation is 1. The van der Waals surface area contributed by atoms with Crippen LogP contribution in [0, 0.1) is 6.92 Å². The number of piperazine rings is 1. The van der Waals surface area contributed by atoms with E-state index in [0.717, 1.165) is 42.8 Å². The number of aromatic nitrogens is 1. The van der Waals surface area contributed by atoms with Gasteiger partial charge in [0, 0.05) is 42.8 Å². The number of pyridine rings is 1. The molecule has 1 aromatic heterocycles. The maximum absolute atomic E-state index is 11.3. The van der Waals surface area contributed by atoms with E-state index >= 15 is 0 Å². The molecule has 4 nitrogen and oxygen atoms in total. The molecule has 0 spiro atoms. The lowest BCUT2D eigenvalue weighted by Gasteiger charge is -2.35. The number of rotatable bonds is 4. The van der Waals surface area contributed by atoms with Gasteiger partial charge >= 0.3 is 0 Å². The fourth-order valence-electron chi connectivity index (χ4n) is 4.39. The number of para-hydroxylation sites is 1. The minimum atomic E-state index is 0.0701. The maximum atomic E-state index is 11.3. The molecule has 0 atom stereocenters. The van der Waals surface area contributed by atoms with Crippen molar-refractivity contribution in [1.29, 1.82) is 0 Å². The van der Waals surface area contributed by atoms with Crippen LogP contribution in [0.5, 0.6) is 0 Å². The first-order valence-corrected chi connectivity index (χ1v) is 11.6. The molecule has 33 heavy (non-hydrogen) atoms. The molecule has 3 aromatic carbocycles. The summed E-state index contributed by atoms with van der Waals surface area (Å²) in [4.78, 5) is 18.2. The quantitative estimate of drug-likeness (QED) is 0.433. The van der Waals surface area contributed by atoms with Crippen LogP contribution in [0.25, 0.3) is 10.9 Å². The van der Waals surface area contributed by atoms with Crippen LogP contribution in [-0.4, -0.2) is 41.8 Å². The molecule has 0 saturated carbocycles. The Hall–Kier alpha value is -3.34. The predicted octanol–water partition coefficient (Wildman–Crippen LogP) is 5.43. The van der Waals surface area contributed by atoms with Gasteiger partial charge in [-0.15, -0.1) is 0 Å². The third-order valence-corrected chi connectivity index (χ3v) is 6.04. The smallest absolute Gasteiger partial charge is 0.161 e. The summed E-state index contributed by atoms with van der Waals surface area (Å²) in [6.07, 6.45) is 0. The summed E-state index contributed by atoms with van der Waals surface area (Å²) in [6.45, 7) is 7.80. The van der Waals surface area contributed by atoms with Crippen molar-refractivity contribution in [2.45, 2.75) is 19.9 Å². The van der Waals surface area contributed by atoms with Crippen molar-refractivity contribution in [2.75, 3.05) is 26.2 Å². The minimum absolute atomic E-state index is 0.0701. The largest absolute Gasteiger partial charge is 0.314 e. The number of nitrogens with one attached hydrogen (secondary N) is 1. The predicted molar refractivity (Wildman–Crippen MR) is 136 cm³/mol. The van der Waals surface area contributed by atoms with Gasteiger partial charge in [-0.2, -0.15) is 0 Å². The Kier molecular flexibility index (Phi) is 7.61. The van der Waals surface area contributed by atoms with Gasteiger partial charge in [-0.1, -0.05) is 78.9 Å². The van der Waals surface area contributed by atoms with Crippen LogP contribution in [-0.2, 0) is 0 Å². The Morgan fingerprint density at radius 1 is 0.848 bits per heavy atom. The van der Waals surface area contributed by atoms with Gasteiger partial charge in [0.05, 0.1) is 11.6 Å². The van der Waals surface area contributed by atoms with Crippen LogP contribution in [0.4, 0.5) is 0 Å². The summed E-state index contributed by atoms with van der Waals surface area (Å²) in [6, 6.07) is 31.7. The number of nitrogens with zero attached hydrogens (tertiary/aromatic N) is 2. The topological polar surface area (TPSA) is 45.2 Å². The summed E-state index contributed by atoms with van der Waals surface area (Å²) >= 11 is 0. The van der Waals surface area contributed by atoms with Gasteiger partial charge in [0.15, 0.2) is 5.78 Å². The molecule has 0 bridgehead atoms. The van der Waals surface area contributed by atoms with Crippen LogP contribution >= 0.6 is 0 Å². The lowest BCUT2D eigenvalue weighted by atomic mass is 9.96. The van der Waals surface area contributed by atoms with Crippen molar-refractivity contribution < 1.29 is 4.79 Å². The molecule has 1 aliphatic rings. The van der Waals surface area contributed by atoms with Crippen molar-refractivity contribution in [3.8, 4) is 0 Å². The average Bonchev–Trinajstić information content (AvgIpc) is 2.86. The lowest BCUT2D eigenvalue weighted by molar-refractivity contribution is 0.101. The zero-order chi connectivity index (χ0) is 23.0. The highest BCUT2D eigenvalue weighted by atomic mass is 16.1. The zero-order valence-corrected chi connectivity index (χ0v) is 19.4. The summed E-state index contributed by atoms with van der Waals surface area (Å²) in [5.74, 6) is 0.0701. The van der Waals surface area contributed by atoms with E-state index in [1.54, 1.807) is 6.92 Å². The third kappa shape index (κ3) is 5.72. The van der Waals surface area contributed by atoms with Gasteiger partial charge in [0.1, 0.15) is 0 Å². The minimum Gasteiger partial charge on any atom is -0.314 e. The first-order valence-electron chi connectivity index (χ1n) is 11.6. The van der Waals surface area contributed by atoms with Crippen molar-refractivity contribution in [3.05, 3.63) is 113 Å². The highest BCUT2D eigenvalue weighted by molar-refractivity contribution is 5.98. The molecule has 1 fully saturated rings. The first-order chi connectivity index (χ1) is 16.1. The fourth-order valence-corrected chi connectivity index (χ4v) is 4.39. The molecular weight excluding hydrogens is 406 g/mol. The highest BCUT2D eigenvalue weighted by Crippen LogP contribution is 2.28. The lowest BCUT2D eigenvalue weighted by Crippen LogP contribution is -2.45. The molecule has 168 valence electrons. The molecule has 0 radical (unpaired) electrons. The molecule has 1 N–H and O–H groups in total. The van der Waals surface area contributed by atoms with E-state index in [9.17, 15) is 4.79 Å². The number of carbonyl (C=O) groups is 1. The Morgan fingerprint density at radius 2 is 1.39 bits per heavy atom. The van der Waals surface area contributed by atoms with E-state index in [1.165, 1.54) is 11.1 Å². The monoisotopic (exact) mass is 437 g/mol. The molecule has 4 aromatic rings. The number of Topliss-reactive ketones (excluding diaryl/α,β-unsaturated/α-hetero) is 1. The van der Waals surface area contributed by atoms with E-state index in [1.807, 2.05) is 37.3 Å². The maximum Gasteiger partial charge on any atom is 0.161 e. The Balaban J connectivity index is 0.000000165. The van der Waals surface area contributed by atoms with Gasteiger partial charge in [-0.25, -0.2) is 0 Å². The van der Waals surface area contributed by atoms with Crippen molar-refractivity contribution >= 4 is 16.7 Å².